The highest BCUT2D eigenvalue weighted by Crippen LogP contribution is 2.36. The highest BCUT2D eigenvalue weighted by Gasteiger charge is 2.33. The summed E-state index contributed by atoms with van der Waals surface area (Å²) >= 11 is 0. The van der Waals surface area contributed by atoms with E-state index in [1.807, 2.05) is 0 Å². The molecule has 35 heavy (non-hydrogen) atoms. The minimum Gasteiger partial charge on any atom is -0.435 e. The zero-order chi connectivity index (χ0) is 25.8. The van der Waals surface area contributed by atoms with Crippen molar-refractivity contribution >= 4 is 28.6 Å². The Bertz CT molecular complexity index is 1280. The number of halogens is 3. The smallest absolute Gasteiger partial charge is 0.433 e. The molecule has 0 saturated heterocycles. The molecule has 1 aromatic heterocycles. The number of hydrogen-bond donors (Lipinski definition) is 2. The Morgan fingerprint density at radius 3 is 2.37 bits per heavy atom. The van der Waals surface area contributed by atoms with Crippen molar-refractivity contribution in [2.45, 2.75) is 45.0 Å². The first-order chi connectivity index (χ1) is 16.4. The predicted octanol–water partition coefficient (Wildman–Crippen LogP) is 5.67. The molecule has 0 spiro atoms. The second kappa shape index (κ2) is 10.0. The molecule has 182 valence electrons. The second-order valence-corrected chi connectivity index (χ2v) is 8.77. The van der Waals surface area contributed by atoms with E-state index in [0.717, 1.165) is 6.07 Å². The zero-order valence-corrected chi connectivity index (χ0v) is 19.2. The topological polar surface area (TPSA) is 104 Å². The fraction of sp³-hybridized carbons (Fsp3) is 0.280. The van der Waals surface area contributed by atoms with Crippen LogP contribution in [0.15, 0.2) is 54.6 Å². The average molecular weight is 484 g/mol. The number of aromatic nitrogens is 1. The van der Waals surface area contributed by atoms with Gasteiger partial charge in [0, 0.05) is 16.6 Å². The fourth-order valence-electron chi connectivity index (χ4n) is 3.27. The van der Waals surface area contributed by atoms with E-state index >= 15 is 0 Å². The van der Waals surface area contributed by atoms with Crippen LogP contribution in [0.25, 0.3) is 22.0 Å². The van der Waals surface area contributed by atoms with Gasteiger partial charge in [0.25, 0.3) is 5.91 Å². The molecule has 0 unspecified atom stereocenters. The number of alkyl carbamates (subject to hydrolysis) is 1. The zero-order valence-electron chi connectivity index (χ0n) is 19.2. The number of rotatable bonds is 5. The van der Waals surface area contributed by atoms with Gasteiger partial charge in [0.1, 0.15) is 5.69 Å². The van der Waals surface area contributed by atoms with Gasteiger partial charge in [-0.1, -0.05) is 36.4 Å². The van der Waals surface area contributed by atoms with Gasteiger partial charge in [-0.15, -0.1) is 0 Å². The number of pyridine rings is 1. The SMILES string of the molecule is CC(C)(C)NC(=O)O[C@H](CC#N)C(=O)Nc1ccc2c(-c3ccccc3)cc(C(F)(F)F)nc2c1. The summed E-state index contributed by atoms with van der Waals surface area (Å²) < 4.78 is 45.7. The predicted molar refractivity (Wildman–Crippen MR) is 124 cm³/mol. The molecule has 0 bridgehead atoms. The van der Waals surface area contributed by atoms with Crippen LogP contribution < -0.4 is 10.6 Å². The fourth-order valence-corrected chi connectivity index (χ4v) is 3.27. The molecule has 2 aromatic carbocycles. The van der Waals surface area contributed by atoms with Gasteiger partial charge in [-0.05, 0) is 50.1 Å². The molecule has 0 radical (unpaired) electrons. The molecule has 7 nitrogen and oxygen atoms in total. The van der Waals surface area contributed by atoms with Gasteiger partial charge in [0.2, 0.25) is 0 Å². The third-order valence-corrected chi connectivity index (χ3v) is 4.75. The maximum absolute atomic E-state index is 13.5. The Hall–Kier alpha value is -4.13. The molecule has 0 aliphatic rings. The number of nitriles is 1. The Kier molecular flexibility index (Phi) is 7.29. The molecular formula is C25H23F3N4O3. The van der Waals surface area contributed by atoms with E-state index < -0.39 is 41.9 Å². The standard InChI is InChI=1S/C25H23F3N4O3/c1-24(2,3)32-23(34)35-20(11-12-29)22(33)30-16-9-10-17-18(15-7-5-4-6-8-15)14-21(25(26,27)28)31-19(17)13-16/h4-10,13-14,20H,11H2,1-3H3,(H,30,33)(H,32,34)/t20-/m1/s1. The summed E-state index contributed by atoms with van der Waals surface area (Å²) in [5.74, 6) is -0.801. The molecule has 1 heterocycles. The summed E-state index contributed by atoms with van der Waals surface area (Å²) in [5.41, 5.74) is -0.630. The quantitative estimate of drug-likeness (QED) is 0.486. The lowest BCUT2D eigenvalue weighted by Crippen LogP contribution is -2.44. The van der Waals surface area contributed by atoms with Gasteiger partial charge in [0.15, 0.2) is 6.10 Å². The summed E-state index contributed by atoms with van der Waals surface area (Å²) in [6.07, 6.45) is -7.39. The normalized spacial score (nSPS) is 12.5. The highest BCUT2D eigenvalue weighted by atomic mass is 19.4. The van der Waals surface area contributed by atoms with Crippen molar-refractivity contribution in [3.63, 3.8) is 0 Å². The van der Waals surface area contributed by atoms with Crippen molar-refractivity contribution in [1.82, 2.24) is 10.3 Å². The molecular weight excluding hydrogens is 461 g/mol. The van der Waals surface area contributed by atoms with Crippen molar-refractivity contribution in [3.8, 4) is 17.2 Å². The molecule has 0 aliphatic heterocycles. The molecule has 10 heteroatoms. The van der Waals surface area contributed by atoms with E-state index in [4.69, 9.17) is 10.00 Å². The number of fused-ring (bicyclic) bond motifs is 1. The molecule has 1 atom stereocenters. The van der Waals surface area contributed by atoms with E-state index in [0.29, 0.717) is 16.5 Å². The highest BCUT2D eigenvalue weighted by molar-refractivity contribution is 6.00. The first-order valence-corrected chi connectivity index (χ1v) is 10.6. The van der Waals surface area contributed by atoms with Crippen molar-refractivity contribution in [3.05, 3.63) is 60.3 Å². The molecule has 2 amide bonds. The van der Waals surface area contributed by atoms with Gasteiger partial charge >= 0.3 is 12.3 Å². The maximum Gasteiger partial charge on any atom is 0.433 e. The van der Waals surface area contributed by atoms with Crippen LogP contribution >= 0.6 is 0 Å². The number of nitrogens with one attached hydrogen (secondary N) is 2. The molecule has 0 aliphatic carbocycles. The number of nitrogens with zero attached hydrogens (tertiary/aromatic N) is 2. The number of anilines is 1. The van der Waals surface area contributed by atoms with Gasteiger partial charge in [-0.2, -0.15) is 18.4 Å². The average Bonchev–Trinajstić information content (AvgIpc) is 2.76. The second-order valence-electron chi connectivity index (χ2n) is 8.77. The maximum atomic E-state index is 13.5. The molecule has 3 rings (SSSR count). The summed E-state index contributed by atoms with van der Waals surface area (Å²) in [6, 6.07) is 15.7. The van der Waals surface area contributed by atoms with Crippen molar-refractivity contribution in [2.75, 3.05) is 5.32 Å². The monoisotopic (exact) mass is 484 g/mol. The van der Waals surface area contributed by atoms with Crippen LogP contribution in [0.4, 0.5) is 23.7 Å². The Morgan fingerprint density at radius 2 is 1.77 bits per heavy atom. The van der Waals surface area contributed by atoms with Gasteiger partial charge < -0.3 is 15.4 Å². The number of hydrogen-bond acceptors (Lipinski definition) is 5. The lowest BCUT2D eigenvalue weighted by Gasteiger charge is -2.22. The largest absolute Gasteiger partial charge is 0.435 e. The van der Waals surface area contributed by atoms with Crippen LogP contribution in [0.1, 0.15) is 32.9 Å². The van der Waals surface area contributed by atoms with Crippen molar-refractivity contribution < 1.29 is 27.5 Å². The van der Waals surface area contributed by atoms with Crippen LogP contribution in [0.3, 0.4) is 0 Å². The van der Waals surface area contributed by atoms with E-state index in [1.54, 1.807) is 63.2 Å². The van der Waals surface area contributed by atoms with E-state index in [1.165, 1.54) is 12.1 Å². The first kappa shape index (κ1) is 25.5. The third-order valence-electron chi connectivity index (χ3n) is 4.75. The van der Waals surface area contributed by atoms with Crippen LogP contribution in [-0.2, 0) is 15.7 Å². The van der Waals surface area contributed by atoms with Gasteiger partial charge in [0.05, 0.1) is 18.0 Å². The number of carbonyl (C=O) groups excluding carboxylic acids is 2. The van der Waals surface area contributed by atoms with Crippen LogP contribution in [-0.4, -0.2) is 28.6 Å². The van der Waals surface area contributed by atoms with Crippen LogP contribution in [0, 0.1) is 11.3 Å². The molecule has 3 aromatic rings. The molecule has 2 N–H and O–H groups in total. The lowest BCUT2D eigenvalue weighted by atomic mass is 9.99. The Labute approximate surface area is 199 Å². The van der Waals surface area contributed by atoms with E-state index in [-0.39, 0.29) is 11.2 Å². The van der Waals surface area contributed by atoms with Crippen molar-refractivity contribution in [1.29, 1.82) is 5.26 Å². The van der Waals surface area contributed by atoms with E-state index in [9.17, 15) is 22.8 Å². The minimum atomic E-state index is -4.68. The first-order valence-electron chi connectivity index (χ1n) is 10.6. The summed E-state index contributed by atoms with van der Waals surface area (Å²) in [6.45, 7) is 5.15. The Balaban J connectivity index is 1.94. The van der Waals surface area contributed by atoms with E-state index in [2.05, 4.69) is 15.6 Å². The lowest BCUT2D eigenvalue weighted by molar-refractivity contribution is -0.140. The van der Waals surface area contributed by atoms with Gasteiger partial charge in [-0.3, -0.25) is 4.79 Å². The van der Waals surface area contributed by atoms with Crippen LogP contribution in [0.2, 0.25) is 0 Å². The number of ether oxygens (including phenoxy) is 1. The number of alkyl halides is 3. The third kappa shape index (κ3) is 6.69. The number of amides is 2. The molecule has 0 fully saturated rings. The van der Waals surface area contributed by atoms with Crippen LogP contribution in [0.5, 0.6) is 0 Å². The molecule has 0 saturated carbocycles. The van der Waals surface area contributed by atoms with Crippen molar-refractivity contribution in [2.24, 2.45) is 0 Å². The number of carbonyl (C=O) groups is 2. The van der Waals surface area contributed by atoms with Gasteiger partial charge in [-0.25, -0.2) is 9.78 Å². The summed E-state index contributed by atoms with van der Waals surface area (Å²) in [5, 5.41) is 14.5. The Morgan fingerprint density at radius 1 is 1.09 bits per heavy atom. The summed E-state index contributed by atoms with van der Waals surface area (Å²) in [7, 11) is 0. The minimum absolute atomic E-state index is 0.0136. The summed E-state index contributed by atoms with van der Waals surface area (Å²) in [4.78, 5) is 28.5. The number of benzene rings is 2.